The van der Waals surface area contributed by atoms with Crippen molar-refractivity contribution < 1.29 is 14.6 Å². The van der Waals surface area contributed by atoms with Gasteiger partial charge in [0.15, 0.2) is 0 Å². The van der Waals surface area contributed by atoms with Gasteiger partial charge in [0.2, 0.25) is 0 Å². The molecule has 0 atom stereocenters. The second kappa shape index (κ2) is 8.52. The molecule has 1 saturated carbocycles. The van der Waals surface area contributed by atoms with E-state index in [2.05, 4.69) is 10.3 Å². The number of aromatic nitrogens is 1. The molecular weight excluding hydrogens is 363 g/mol. The maximum Gasteiger partial charge on any atom is 0.335 e. The van der Waals surface area contributed by atoms with Gasteiger partial charge in [0.25, 0.3) is 0 Å². The lowest BCUT2D eigenvalue weighted by atomic mass is 10.0. The van der Waals surface area contributed by atoms with E-state index in [1.54, 1.807) is 30.5 Å². The fraction of sp³-hybridized carbons (Fsp3) is 0.333. The zero-order valence-corrected chi connectivity index (χ0v) is 15.7. The molecule has 136 valence electrons. The van der Waals surface area contributed by atoms with E-state index in [1.165, 1.54) is 0 Å². The predicted molar refractivity (Wildman–Crippen MR) is 102 cm³/mol. The zero-order chi connectivity index (χ0) is 16.4. The standard InChI is InChI=1S/C18H20N2O3.2ClH/c1-12-16(13-3-5-14(6-4-13)17(21)22)9-15(10-20-12)23-11-18(19-2)7-8-18;;/h3-6,9-10,19H,7-8,11H2,1-2H3,(H,21,22);2*1H. The van der Waals surface area contributed by atoms with Gasteiger partial charge in [-0.15, -0.1) is 24.8 Å². The fourth-order valence-electron chi connectivity index (χ4n) is 2.52. The predicted octanol–water partition coefficient (Wildman–Crippen LogP) is 3.73. The van der Waals surface area contributed by atoms with E-state index in [-0.39, 0.29) is 35.9 Å². The van der Waals surface area contributed by atoms with E-state index in [1.807, 2.05) is 20.0 Å². The molecule has 1 fully saturated rings. The number of aromatic carboxylic acids is 1. The summed E-state index contributed by atoms with van der Waals surface area (Å²) < 4.78 is 5.88. The third kappa shape index (κ3) is 4.84. The maximum atomic E-state index is 10.9. The average molecular weight is 385 g/mol. The van der Waals surface area contributed by atoms with E-state index >= 15 is 0 Å². The second-order valence-corrected chi connectivity index (χ2v) is 6.01. The van der Waals surface area contributed by atoms with Crippen LogP contribution in [0.15, 0.2) is 36.5 Å². The van der Waals surface area contributed by atoms with Crippen LogP contribution in [0.3, 0.4) is 0 Å². The number of hydrogen-bond acceptors (Lipinski definition) is 4. The van der Waals surface area contributed by atoms with Gasteiger partial charge in [-0.05, 0) is 50.6 Å². The van der Waals surface area contributed by atoms with Gasteiger partial charge >= 0.3 is 5.97 Å². The van der Waals surface area contributed by atoms with Crippen molar-refractivity contribution in [2.75, 3.05) is 13.7 Å². The third-order valence-electron chi connectivity index (χ3n) is 4.40. The summed E-state index contributed by atoms with van der Waals surface area (Å²) in [7, 11) is 1.96. The van der Waals surface area contributed by atoms with Crippen LogP contribution in [0.5, 0.6) is 5.75 Å². The SMILES string of the molecule is CNC1(COc2cnc(C)c(-c3ccc(C(=O)O)cc3)c2)CC1.Cl.Cl. The Morgan fingerprint density at radius 1 is 1.28 bits per heavy atom. The lowest BCUT2D eigenvalue weighted by molar-refractivity contribution is 0.0697. The lowest BCUT2D eigenvalue weighted by Crippen LogP contribution is -2.33. The molecule has 1 aliphatic rings. The number of rotatable bonds is 6. The molecule has 0 aliphatic heterocycles. The Bertz CT molecular complexity index is 732. The molecule has 1 aromatic carbocycles. The number of carboxylic acid groups (broad SMARTS) is 1. The fourth-order valence-corrected chi connectivity index (χ4v) is 2.52. The molecule has 0 amide bonds. The minimum Gasteiger partial charge on any atom is -0.490 e. The number of likely N-dealkylation sites (N-methyl/N-ethyl adjacent to an activating group) is 1. The number of nitrogens with one attached hydrogen (secondary N) is 1. The first-order valence-electron chi connectivity index (χ1n) is 7.65. The topological polar surface area (TPSA) is 71.5 Å². The van der Waals surface area contributed by atoms with Crippen molar-refractivity contribution in [1.29, 1.82) is 0 Å². The Kier molecular flexibility index (Phi) is 7.23. The van der Waals surface area contributed by atoms with Gasteiger partial charge in [-0.1, -0.05) is 12.1 Å². The molecule has 1 aliphatic carbocycles. The Balaban J connectivity index is 0.00000156. The minimum atomic E-state index is -0.926. The quantitative estimate of drug-likeness (QED) is 0.793. The van der Waals surface area contributed by atoms with Crippen LogP contribution in [-0.4, -0.2) is 35.3 Å². The molecule has 3 rings (SSSR count). The van der Waals surface area contributed by atoms with Crippen molar-refractivity contribution in [1.82, 2.24) is 10.3 Å². The monoisotopic (exact) mass is 384 g/mol. The molecule has 0 spiro atoms. The molecule has 2 aromatic rings. The summed E-state index contributed by atoms with van der Waals surface area (Å²) in [5.41, 5.74) is 3.16. The minimum absolute atomic E-state index is 0. The number of aryl methyl sites for hydroxylation is 1. The van der Waals surface area contributed by atoms with Crippen LogP contribution < -0.4 is 10.1 Å². The van der Waals surface area contributed by atoms with Gasteiger partial charge < -0.3 is 15.2 Å². The van der Waals surface area contributed by atoms with Gasteiger partial charge in [-0.3, -0.25) is 4.98 Å². The van der Waals surface area contributed by atoms with E-state index in [0.717, 1.165) is 35.4 Å². The van der Waals surface area contributed by atoms with E-state index < -0.39 is 5.97 Å². The maximum absolute atomic E-state index is 10.9. The summed E-state index contributed by atoms with van der Waals surface area (Å²) in [6.07, 6.45) is 3.99. The molecule has 0 saturated heterocycles. The summed E-state index contributed by atoms with van der Waals surface area (Å²) in [5, 5.41) is 12.3. The summed E-state index contributed by atoms with van der Waals surface area (Å²) in [6, 6.07) is 8.76. The van der Waals surface area contributed by atoms with Crippen LogP contribution >= 0.6 is 24.8 Å². The first-order chi connectivity index (χ1) is 11.0. The molecule has 7 heteroatoms. The summed E-state index contributed by atoms with van der Waals surface area (Å²) in [5.74, 6) is -0.195. The highest BCUT2D eigenvalue weighted by Gasteiger charge is 2.41. The van der Waals surface area contributed by atoms with Crippen LogP contribution in [0, 0.1) is 6.92 Å². The van der Waals surface area contributed by atoms with E-state index in [9.17, 15) is 4.79 Å². The van der Waals surface area contributed by atoms with Gasteiger partial charge in [-0.2, -0.15) is 0 Å². The van der Waals surface area contributed by atoms with Crippen molar-refractivity contribution in [2.45, 2.75) is 25.3 Å². The number of nitrogens with zero attached hydrogens (tertiary/aromatic N) is 1. The number of carboxylic acids is 1. The molecule has 25 heavy (non-hydrogen) atoms. The van der Waals surface area contributed by atoms with Crippen LogP contribution in [0.25, 0.3) is 11.1 Å². The van der Waals surface area contributed by atoms with Gasteiger partial charge in [-0.25, -0.2) is 4.79 Å². The Morgan fingerprint density at radius 2 is 1.92 bits per heavy atom. The van der Waals surface area contributed by atoms with Crippen LogP contribution in [-0.2, 0) is 0 Å². The van der Waals surface area contributed by atoms with Crippen molar-refractivity contribution in [3.63, 3.8) is 0 Å². The number of ether oxygens (including phenoxy) is 1. The first-order valence-corrected chi connectivity index (χ1v) is 7.65. The molecule has 5 nitrogen and oxygen atoms in total. The molecule has 2 N–H and O–H groups in total. The highest BCUT2D eigenvalue weighted by atomic mass is 35.5. The van der Waals surface area contributed by atoms with Gasteiger partial charge in [0, 0.05) is 11.3 Å². The van der Waals surface area contributed by atoms with Crippen molar-refractivity contribution in [3.8, 4) is 16.9 Å². The normalized spacial score (nSPS) is 14.0. The van der Waals surface area contributed by atoms with E-state index in [4.69, 9.17) is 9.84 Å². The average Bonchev–Trinajstić information content (AvgIpc) is 3.35. The van der Waals surface area contributed by atoms with E-state index in [0.29, 0.717) is 6.61 Å². The number of hydrogen-bond donors (Lipinski definition) is 2. The van der Waals surface area contributed by atoms with Crippen LogP contribution in [0.1, 0.15) is 28.9 Å². The molecular formula is C18H22Cl2N2O3. The van der Waals surface area contributed by atoms with Gasteiger partial charge in [0.05, 0.1) is 17.3 Å². The third-order valence-corrected chi connectivity index (χ3v) is 4.40. The largest absolute Gasteiger partial charge is 0.490 e. The van der Waals surface area contributed by atoms with Crippen LogP contribution in [0.2, 0.25) is 0 Å². The molecule has 0 unspecified atom stereocenters. The van der Waals surface area contributed by atoms with Crippen LogP contribution in [0.4, 0.5) is 0 Å². The molecule has 0 bridgehead atoms. The van der Waals surface area contributed by atoms with Gasteiger partial charge in [0.1, 0.15) is 12.4 Å². The number of pyridine rings is 1. The summed E-state index contributed by atoms with van der Waals surface area (Å²) >= 11 is 0. The van der Waals surface area contributed by atoms with Crippen molar-refractivity contribution in [3.05, 3.63) is 47.8 Å². The molecule has 0 radical (unpaired) electrons. The van der Waals surface area contributed by atoms with Crippen molar-refractivity contribution in [2.24, 2.45) is 0 Å². The highest BCUT2D eigenvalue weighted by Crippen LogP contribution is 2.35. The number of benzene rings is 1. The smallest absolute Gasteiger partial charge is 0.335 e. The Hall–Kier alpha value is -1.82. The lowest BCUT2D eigenvalue weighted by Gasteiger charge is -2.16. The molecule has 1 heterocycles. The number of halogens is 2. The first kappa shape index (κ1) is 21.2. The summed E-state index contributed by atoms with van der Waals surface area (Å²) in [6.45, 7) is 2.56. The Morgan fingerprint density at radius 3 is 2.44 bits per heavy atom. The summed E-state index contributed by atoms with van der Waals surface area (Å²) in [4.78, 5) is 15.3. The van der Waals surface area contributed by atoms with Crippen molar-refractivity contribution >= 4 is 30.8 Å². The number of carbonyl (C=O) groups is 1. The second-order valence-electron chi connectivity index (χ2n) is 6.01. The highest BCUT2D eigenvalue weighted by molar-refractivity contribution is 5.88. The zero-order valence-electron chi connectivity index (χ0n) is 14.1. The molecule has 1 aromatic heterocycles. The Labute approximate surface area is 159 Å².